The molecule has 0 atom stereocenters. The van der Waals surface area contributed by atoms with Gasteiger partial charge in [-0.1, -0.05) is 30.0 Å². The Kier molecular flexibility index (Phi) is 5.41. The Morgan fingerprint density at radius 3 is 2.73 bits per heavy atom. The van der Waals surface area contributed by atoms with Crippen molar-refractivity contribution in [2.45, 2.75) is 19.1 Å². The first-order chi connectivity index (χ1) is 14.6. The number of aromatic nitrogens is 4. The number of nitriles is 1. The van der Waals surface area contributed by atoms with Crippen LogP contribution in [0.25, 0.3) is 17.3 Å². The maximum absolute atomic E-state index is 12.6. The van der Waals surface area contributed by atoms with Crippen molar-refractivity contribution in [2.24, 2.45) is 0 Å². The average Bonchev–Trinajstić information content (AvgIpc) is 3.48. The summed E-state index contributed by atoms with van der Waals surface area (Å²) >= 11 is 1.13. The van der Waals surface area contributed by atoms with E-state index >= 15 is 0 Å². The fourth-order valence-corrected chi connectivity index (χ4v) is 3.66. The van der Waals surface area contributed by atoms with Gasteiger partial charge in [0.1, 0.15) is 17.6 Å². The second kappa shape index (κ2) is 8.31. The van der Waals surface area contributed by atoms with Crippen molar-refractivity contribution in [3.8, 4) is 23.3 Å². The summed E-state index contributed by atoms with van der Waals surface area (Å²) in [6.45, 7) is 3.80. The van der Waals surface area contributed by atoms with E-state index in [4.69, 9.17) is 4.42 Å². The Morgan fingerprint density at radius 2 is 2.03 bits per heavy atom. The van der Waals surface area contributed by atoms with Gasteiger partial charge in [0.25, 0.3) is 11.1 Å². The molecule has 3 heterocycles. The molecular formula is C21H18N6O2S. The normalized spacial score (nSPS) is 10.7. The topological polar surface area (TPSA) is 113 Å². The van der Waals surface area contributed by atoms with E-state index in [-0.39, 0.29) is 11.7 Å². The molecule has 150 valence electrons. The minimum absolute atomic E-state index is 0.0648. The van der Waals surface area contributed by atoms with Crippen LogP contribution in [0.15, 0.2) is 58.3 Å². The number of amides is 1. The van der Waals surface area contributed by atoms with Crippen molar-refractivity contribution in [3.63, 3.8) is 0 Å². The predicted molar refractivity (Wildman–Crippen MR) is 113 cm³/mol. The van der Waals surface area contributed by atoms with Crippen molar-refractivity contribution < 1.29 is 9.21 Å². The molecule has 1 aromatic carbocycles. The van der Waals surface area contributed by atoms with Crippen molar-refractivity contribution in [1.29, 1.82) is 5.26 Å². The molecule has 4 rings (SSSR count). The Morgan fingerprint density at radius 1 is 1.23 bits per heavy atom. The molecule has 0 bridgehead atoms. The molecule has 0 aliphatic heterocycles. The first-order valence-electron chi connectivity index (χ1n) is 9.16. The van der Waals surface area contributed by atoms with Gasteiger partial charge in [-0.3, -0.25) is 9.36 Å². The van der Waals surface area contributed by atoms with Gasteiger partial charge in [-0.2, -0.15) is 5.26 Å². The number of hydrogen-bond acceptors (Lipinski definition) is 6. The first-order valence-corrected chi connectivity index (χ1v) is 10.1. The Balaban J connectivity index is 1.52. The van der Waals surface area contributed by atoms with E-state index in [1.165, 1.54) is 0 Å². The zero-order valence-electron chi connectivity index (χ0n) is 16.3. The van der Waals surface area contributed by atoms with Crippen molar-refractivity contribution in [1.82, 2.24) is 19.7 Å². The number of nitrogens with zero attached hydrogens (tertiary/aromatic N) is 4. The highest BCUT2D eigenvalue weighted by molar-refractivity contribution is 7.99. The Bertz CT molecular complexity index is 1220. The van der Waals surface area contributed by atoms with Gasteiger partial charge < -0.3 is 14.7 Å². The van der Waals surface area contributed by atoms with Gasteiger partial charge in [0.2, 0.25) is 5.91 Å². The van der Waals surface area contributed by atoms with Crippen LogP contribution in [0, 0.1) is 25.2 Å². The lowest BCUT2D eigenvalue weighted by Gasteiger charge is -2.12. The quantitative estimate of drug-likeness (QED) is 0.456. The number of hydrogen-bond donors (Lipinski definition) is 2. The van der Waals surface area contributed by atoms with Gasteiger partial charge in [0.15, 0.2) is 0 Å². The fraction of sp³-hybridized carbons (Fsp3) is 0.143. The van der Waals surface area contributed by atoms with Gasteiger partial charge >= 0.3 is 0 Å². The van der Waals surface area contributed by atoms with Crippen LogP contribution in [0.4, 0.5) is 5.82 Å². The molecule has 0 saturated heterocycles. The summed E-state index contributed by atoms with van der Waals surface area (Å²) in [6.07, 6.45) is 1.76. The van der Waals surface area contributed by atoms with E-state index in [0.717, 1.165) is 28.7 Å². The number of rotatable bonds is 6. The summed E-state index contributed by atoms with van der Waals surface area (Å²) in [5, 5.41) is 20.7. The second-order valence-corrected chi connectivity index (χ2v) is 7.44. The molecule has 0 fully saturated rings. The van der Waals surface area contributed by atoms with Crippen LogP contribution in [0.1, 0.15) is 16.8 Å². The maximum atomic E-state index is 12.6. The van der Waals surface area contributed by atoms with Crippen molar-refractivity contribution in [3.05, 3.63) is 65.5 Å². The van der Waals surface area contributed by atoms with Crippen LogP contribution < -0.4 is 5.32 Å². The van der Waals surface area contributed by atoms with Gasteiger partial charge in [0.05, 0.1) is 11.3 Å². The highest BCUT2D eigenvalue weighted by Crippen LogP contribution is 2.30. The number of nitrogens with one attached hydrogen (secondary N) is 2. The summed E-state index contributed by atoms with van der Waals surface area (Å²) in [5.41, 5.74) is 3.76. The van der Waals surface area contributed by atoms with E-state index < -0.39 is 0 Å². The third-order valence-electron chi connectivity index (χ3n) is 4.66. The summed E-state index contributed by atoms with van der Waals surface area (Å²) < 4.78 is 7.44. The maximum Gasteiger partial charge on any atom is 0.277 e. The number of thioether (sulfide) groups is 1. The minimum Gasteiger partial charge on any atom is -0.410 e. The zero-order valence-corrected chi connectivity index (χ0v) is 17.2. The minimum atomic E-state index is -0.272. The predicted octanol–water partition coefficient (Wildman–Crippen LogP) is 4.07. The molecule has 0 unspecified atom stereocenters. The SMILES string of the molecule is Cc1c(C#N)c(NC(=O)CSc2nnc(-c3ccc[nH]3)o2)n(-c2ccccc2)c1C. The highest BCUT2D eigenvalue weighted by atomic mass is 32.2. The van der Waals surface area contributed by atoms with Crippen LogP contribution >= 0.6 is 11.8 Å². The highest BCUT2D eigenvalue weighted by Gasteiger charge is 2.21. The fourth-order valence-electron chi connectivity index (χ4n) is 3.10. The van der Waals surface area contributed by atoms with Crippen LogP contribution in [-0.2, 0) is 4.79 Å². The molecular weight excluding hydrogens is 400 g/mol. The summed E-state index contributed by atoms with van der Waals surface area (Å²) in [5.74, 6) is 0.613. The summed E-state index contributed by atoms with van der Waals surface area (Å²) in [6, 6.07) is 15.5. The molecule has 0 radical (unpaired) electrons. The van der Waals surface area contributed by atoms with Crippen molar-refractivity contribution >= 4 is 23.5 Å². The Hall–Kier alpha value is -3.77. The third-order valence-corrected chi connectivity index (χ3v) is 5.48. The molecule has 3 aromatic heterocycles. The van der Waals surface area contributed by atoms with E-state index in [9.17, 15) is 10.1 Å². The number of benzene rings is 1. The van der Waals surface area contributed by atoms with E-state index in [2.05, 4.69) is 26.6 Å². The molecule has 1 amide bonds. The van der Waals surface area contributed by atoms with Crippen molar-refractivity contribution in [2.75, 3.05) is 11.1 Å². The van der Waals surface area contributed by atoms with Gasteiger partial charge in [-0.15, -0.1) is 10.2 Å². The molecule has 0 aliphatic carbocycles. The van der Waals surface area contributed by atoms with E-state index in [0.29, 0.717) is 28.2 Å². The Labute approximate surface area is 176 Å². The lowest BCUT2D eigenvalue weighted by Crippen LogP contribution is -2.17. The molecule has 30 heavy (non-hydrogen) atoms. The lowest BCUT2D eigenvalue weighted by molar-refractivity contribution is -0.113. The monoisotopic (exact) mass is 418 g/mol. The summed E-state index contributed by atoms with van der Waals surface area (Å²) in [7, 11) is 0. The smallest absolute Gasteiger partial charge is 0.277 e. The molecule has 4 aromatic rings. The first kappa shape index (κ1) is 19.5. The molecule has 0 spiro atoms. The number of H-pyrrole nitrogens is 1. The van der Waals surface area contributed by atoms with E-state index in [1.807, 2.05) is 60.9 Å². The number of para-hydroxylation sites is 1. The molecule has 9 heteroatoms. The summed E-state index contributed by atoms with van der Waals surface area (Å²) in [4.78, 5) is 15.6. The third kappa shape index (κ3) is 3.73. The second-order valence-electron chi connectivity index (χ2n) is 6.51. The van der Waals surface area contributed by atoms with Gasteiger partial charge in [0, 0.05) is 17.6 Å². The molecule has 2 N–H and O–H groups in total. The number of aromatic amines is 1. The number of carbonyl (C=O) groups is 1. The molecule has 8 nitrogen and oxygen atoms in total. The number of anilines is 1. The zero-order chi connectivity index (χ0) is 21.1. The standard InChI is InChI=1S/C21H18N6O2S/c1-13-14(2)27(15-7-4-3-5-8-15)19(16(13)11-22)24-18(28)12-30-21-26-25-20(29-21)17-9-6-10-23-17/h3-10,23H,12H2,1-2H3,(H,24,28). The van der Waals surface area contributed by atoms with Crippen LogP contribution in [0.5, 0.6) is 0 Å². The largest absolute Gasteiger partial charge is 0.410 e. The molecule has 0 saturated carbocycles. The van der Waals surface area contributed by atoms with Crippen LogP contribution in [0.3, 0.4) is 0 Å². The van der Waals surface area contributed by atoms with Gasteiger partial charge in [-0.25, -0.2) is 0 Å². The number of carbonyl (C=O) groups excluding carboxylic acids is 1. The van der Waals surface area contributed by atoms with E-state index in [1.54, 1.807) is 6.20 Å². The average molecular weight is 418 g/mol. The van der Waals surface area contributed by atoms with Gasteiger partial charge in [-0.05, 0) is 43.7 Å². The molecule has 0 aliphatic rings. The lowest BCUT2D eigenvalue weighted by atomic mass is 10.2. The van der Waals surface area contributed by atoms with Crippen LogP contribution in [0.2, 0.25) is 0 Å². The van der Waals surface area contributed by atoms with Crippen LogP contribution in [-0.4, -0.2) is 31.4 Å².